The van der Waals surface area contributed by atoms with Gasteiger partial charge in [-0.15, -0.1) is 0 Å². The summed E-state index contributed by atoms with van der Waals surface area (Å²) < 4.78 is 0. The minimum absolute atomic E-state index is 0.385. The Kier molecular flexibility index (Phi) is 4.31. The molecule has 1 fully saturated rings. The molecule has 0 saturated heterocycles. The zero-order valence-corrected chi connectivity index (χ0v) is 12.6. The summed E-state index contributed by atoms with van der Waals surface area (Å²) in [5, 5.41) is 10.2. The fraction of sp³-hybridized carbons (Fsp3) is 0.500. The summed E-state index contributed by atoms with van der Waals surface area (Å²) in [5.41, 5.74) is 0.782. The minimum atomic E-state index is -1.04. The molecule has 1 aliphatic carbocycles. The molecule has 0 radical (unpaired) electrons. The molecule has 1 aliphatic heterocycles. The van der Waals surface area contributed by atoms with Gasteiger partial charge >= 0.3 is 0 Å². The van der Waals surface area contributed by atoms with Gasteiger partial charge in [0.2, 0.25) is 0 Å². The average Bonchev–Trinajstić information content (AvgIpc) is 3.08. The Morgan fingerprint density at radius 2 is 1.71 bits per heavy atom. The fourth-order valence-corrected chi connectivity index (χ4v) is 4.23. The van der Waals surface area contributed by atoms with Gasteiger partial charge in [-0.1, -0.05) is 25.0 Å². The van der Waals surface area contributed by atoms with Gasteiger partial charge in [-0.2, -0.15) is 11.8 Å². The number of carbonyl (C=O) groups is 2. The normalized spacial score (nSPS) is 20.1. The molecule has 2 aliphatic rings. The van der Waals surface area contributed by atoms with E-state index >= 15 is 0 Å². The van der Waals surface area contributed by atoms with Gasteiger partial charge in [0.05, 0.1) is 11.1 Å². The molecule has 1 saturated carbocycles. The Bertz CT molecular complexity index is 519. The van der Waals surface area contributed by atoms with Crippen LogP contribution < -0.4 is 0 Å². The maximum atomic E-state index is 12.2. The highest BCUT2D eigenvalue weighted by molar-refractivity contribution is 7.99. The highest BCUT2D eigenvalue weighted by atomic mass is 32.2. The first-order valence-electron chi connectivity index (χ1n) is 7.41. The SMILES string of the molecule is O=C1c2ccccc2C(=O)N1C(O)CSCC1CCCC1. The lowest BCUT2D eigenvalue weighted by Crippen LogP contribution is -2.41. The number of benzene rings is 1. The maximum Gasteiger partial charge on any atom is 0.263 e. The molecule has 112 valence electrons. The topological polar surface area (TPSA) is 57.6 Å². The number of imide groups is 1. The van der Waals surface area contributed by atoms with Crippen LogP contribution in [0.1, 0.15) is 46.4 Å². The van der Waals surface area contributed by atoms with Crippen molar-refractivity contribution in [3.05, 3.63) is 35.4 Å². The zero-order chi connectivity index (χ0) is 14.8. The second-order valence-corrected chi connectivity index (χ2v) is 6.77. The number of aliphatic hydroxyl groups is 1. The van der Waals surface area contributed by atoms with E-state index in [0.717, 1.165) is 16.6 Å². The van der Waals surface area contributed by atoms with Crippen LogP contribution in [-0.2, 0) is 0 Å². The highest BCUT2D eigenvalue weighted by Crippen LogP contribution is 2.29. The largest absolute Gasteiger partial charge is 0.372 e. The number of nitrogens with zero attached hydrogens (tertiary/aromatic N) is 1. The van der Waals surface area contributed by atoms with Gasteiger partial charge in [-0.3, -0.25) is 9.59 Å². The Hall–Kier alpha value is -1.33. The van der Waals surface area contributed by atoms with E-state index in [1.807, 2.05) is 0 Å². The second kappa shape index (κ2) is 6.20. The molecule has 21 heavy (non-hydrogen) atoms. The Labute approximate surface area is 128 Å². The van der Waals surface area contributed by atoms with Crippen LogP contribution in [0.5, 0.6) is 0 Å². The quantitative estimate of drug-likeness (QED) is 0.849. The summed E-state index contributed by atoms with van der Waals surface area (Å²) in [7, 11) is 0. The number of thioether (sulfide) groups is 1. The number of amides is 2. The van der Waals surface area contributed by atoms with Crippen molar-refractivity contribution in [3.8, 4) is 0 Å². The Morgan fingerprint density at radius 1 is 1.14 bits per heavy atom. The Balaban J connectivity index is 1.59. The van der Waals surface area contributed by atoms with E-state index in [9.17, 15) is 14.7 Å². The smallest absolute Gasteiger partial charge is 0.263 e. The molecular formula is C16H19NO3S. The van der Waals surface area contributed by atoms with Crippen molar-refractivity contribution in [2.75, 3.05) is 11.5 Å². The molecule has 0 spiro atoms. The second-order valence-electron chi connectivity index (χ2n) is 5.69. The van der Waals surface area contributed by atoms with Gasteiger partial charge in [0.15, 0.2) is 0 Å². The van der Waals surface area contributed by atoms with Crippen LogP contribution in [0.2, 0.25) is 0 Å². The lowest BCUT2D eigenvalue weighted by atomic mass is 10.1. The summed E-state index contributed by atoms with van der Waals surface area (Å²) in [6, 6.07) is 6.73. The van der Waals surface area contributed by atoms with Gasteiger partial charge < -0.3 is 5.11 Å². The third kappa shape index (κ3) is 2.85. The van der Waals surface area contributed by atoms with Gasteiger partial charge in [-0.25, -0.2) is 4.90 Å². The molecule has 5 heteroatoms. The van der Waals surface area contributed by atoms with Gasteiger partial charge in [0.1, 0.15) is 6.23 Å². The van der Waals surface area contributed by atoms with Crippen molar-refractivity contribution < 1.29 is 14.7 Å². The Morgan fingerprint density at radius 3 is 2.29 bits per heavy atom. The van der Waals surface area contributed by atoms with Crippen molar-refractivity contribution in [1.29, 1.82) is 0 Å². The number of hydrogen-bond donors (Lipinski definition) is 1. The van der Waals surface area contributed by atoms with Crippen molar-refractivity contribution in [1.82, 2.24) is 4.90 Å². The zero-order valence-electron chi connectivity index (χ0n) is 11.8. The third-order valence-electron chi connectivity index (χ3n) is 4.22. The van der Waals surface area contributed by atoms with Crippen molar-refractivity contribution in [2.45, 2.75) is 31.9 Å². The van der Waals surface area contributed by atoms with Crippen LogP contribution in [0.4, 0.5) is 0 Å². The van der Waals surface area contributed by atoms with E-state index in [0.29, 0.717) is 16.9 Å². The molecular weight excluding hydrogens is 286 g/mol. The molecule has 2 amide bonds. The van der Waals surface area contributed by atoms with Crippen LogP contribution in [-0.4, -0.2) is 39.6 Å². The van der Waals surface area contributed by atoms with Crippen LogP contribution in [0.25, 0.3) is 0 Å². The van der Waals surface area contributed by atoms with E-state index in [4.69, 9.17) is 0 Å². The summed E-state index contributed by atoms with van der Waals surface area (Å²) in [6.45, 7) is 0. The van der Waals surface area contributed by atoms with E-state index in [1.165, 1.54) is 25.7 Å². The first kappa shape index (κ1) is 14.6. The standard InChI is InChI=1S/C16H19NO3S/c18-14(10-21-9-11-5-1-2-6-11)17-15(19)12-7-3-4-8-13(12)16(17)20/h3-4,7-8,11,14,18H,1-2,5-6,9-10H2. The minimum Gasteiger partial charge on any atom is -0.372 e. The number of aliphatic hydroxyl groups excluding tert-OH is 1. The first-order valence-corrected chi connectivity index (χ1v) is 8.56. The van der Waals surface area contributed by atoms with Gasteiger partial charge in [0.25, 0.3) is 11.8 Å². The summed E-state index contributed by atoms with van der Waals surface area (Å²) in [5.74, 6) is 1.35. The van der Waals surface area contributed by atoms with Crippen LogP contribution in [0, 0.1) is 5.92 Å². The predicted molar refractivity (Wildman–Crippen MR) is 82.2 cm³/mol. The third-order valence-corrected chi connectivity index (χ3v) is 5.46. The van der Waals surface area contributed by atoms with E-state index in [1.54, 1.807) is 36.0 Å². The summed E-state index contributed by atoms with van der Waals surface area (Å²) >= 11 is 1.63. The predicted octanol–water partition coefficient (Wildman–Crippen LogP) is 2.52. The molecule has 0 aromatic heterocycles. The molecule has 3 rings (SSSR count). The molecule has 4 nitrogen and oxygen atoms in total. The maximum absolute atomic E-state index is 12.2. The van der Waals surface area contributed by atoms with Crippen LogP contribution >= 0.6 is 11.8 Å². The average molecular weight is 305 g/mol. The van der Waals surface area contributed by atoms with Crippen LogP contribution in [0.3, 0.4) is 0 Å². The molecule has 1 N–H and O–H groups in total. The monoisotopic (exact) mass is 305 g/mol. The number of rotatable bonds is 5. The van der Waals surface area contributed by atoms with Crippen LogP contribution in [0.15, 0.2) is 24.3 Å². The molecule has 1 aromatic carbocycles. The van der Waals surface area contributed by atoms with Gasteiger partial charge in [-0.05, 0) is 36.6 Å². The highest BCUT2D eigenvalue weighted by Gasteiger charge is 2.39. The van der Waals surface area contributed by atoms with Crippen molar-refractivity contribution >= 4 is 23.6 Å². The van der Waals surface area contributed by atoms with E-state index in [2.05, 4.69) is 0 Å². The lowest BCUT2D eigenvalue weighted by molar-refractivity contribution is 0.0230. The molecule has 1 atom stereocenters. The lowest BCUT2D eigenvalue weighted by Gasteiger charge is -2.21. The summed E-state index contributed by atoms with van der Waals surface area (Å²) in [6.07, 6.45) is 4.08. The van der Waals surface area contributed by atoms with Crippen molar-refractivity contribution in [3.63, 3.8) is 0 Å². The van der Waals surface area contributed by atoms with E-state index in [-0.39, 0.29) is 11.8 Å². The molecule has 1 heterocycles. The fourth-order valence-electron chi connectivity index (χ4n) is 3.07. The van der Waals surface area contributed by atoms with E-state index < -0.39 is 6.23 Å². The molecule has 0 bridgehead atoms. The first-order chi connectivity index (χ1) is 10.2. The molecule has 1 aromatic rings. The number of carbonyl (C=O) groups excluding carboxylic acids is 2. The van der Waals surface area contributed by atoms with Gasteiger partial charge in [0, 0.05) is 5.75 Å². The molecule has 1 unspecified atom stereocenters. The number of hydrogen-bond acceptors (Lipinski definition) is 4. The van der Waals surface area contributed by atoms with Crippen molar-refractivity contribution in [2.24, 2.45) is 5.92 Å². The number of fused-ring (bicyclic) bond motifs is 1. The summed E-state index contributed by atoms with van der Waals surface area (Å²) in [4.78, 5) is 25.4.